The largest absolute Gasteiger partial charge is 0.497 e. The van der Waals surface area contributed by atoms with Crippen molar-refractivity contribution < 1.29 is 27.8 Å². The maximum Gasteiger partial charge on any atom is 0.258 e. The van der Waals surface area contributed by atoms with E-state index < -0.39 is 11.6 Å². The second-order valence-corrected chi connectivity index (χ2v) is 9.99. The van der Waals surface area contributed by atoms with E-state index in [1.165, 1.54) is 24.3 Å². The van der Waals surface area contributed by atoms with Crippen LogP contribution in [0.25, 0.3) is 11.3 Å². The van der Waals surface area contributed by atoms with Crippen LogP contribution >= 0.6 is 0 Å². The summed E-state index contributed by atoms with van der Waals surface area (Å²) in [5.41, 5.74) is 2.68. The number of rotatable bonds is 10. The third-order valence-electron chi connectivity index (χ3n) is 7.47. The molecule has 0 saturated carbocycles. The Kier molecular flexibility index (Phi) is 8.56. The number of hydrogen-bond donors (Lipinski definition) is 1. The molecule has 0 saturated heterocycles. The van der Waals surface area contributed by atoms with Gasteiger partial charge in [0.05, 0.1) is 55.5 Å². The van der Waals surface area contributed by atoms with Gasteiger partial charge < -0.3 is 24.6 Å². The van der Waals surface area contributed by atoms with Gasteiger partial charge >= 0.3 is 0 Å². The zero-order valence-corrected chi connectivity index (χ0v) is 24.4. The Labute approximate surface area is 248 Å². The molecule has 0 aliphatic carbocycles. The highest BCUT2D eigenvalue weighted by molar-refractivity contribution is 6.04. The molecule has 1 aliphatic rings. The molecule has 4 aromatic rings. The minimum atomic E-state index is -0.762. The summed E-state index contributed by atoms with van der Waals surface area (Å²) in [6.07, 6.45) is 0. The average Bonchev–Trinajstić information content (AvgIpc) is 3.32. The summed E-state index contributed by atoms with van der Waals surface area (Å²) in [4.78, 5) is 34.4. The van der Waals surface area contributed by atoms with E-state index in [2.05, 4.69) is 10.3 Å². The number of fused-ring (bicyclic) bond motifs is 1. The van der Waals surface area contributed by atoms with Crippen molar-refractivity contribution in [2.45, 2.75) is 26.9 Å². The monoisotopic (exact) mass is 586 g/mol. The Hall–Kier alpha value is -4.99. The van der Waals surface area contributed by atoms with Crippen LogP contribution in [0.4, 0.5) is 20.2 Å². The zero-order valence-electron chi connectivity index (χ0n) is 24.4. The number of aromatic nitrogens is 1. The van der Waals surface area contributed by atoms with Crippen molar-refractivity contribution in [3.63, 3.8) is 0 Å². The van der Waals surface area contributed by atoms with E-state index in [1.807, 2.05) is 19.9 Å². The van der Waals surface area contributed by atoms with Crippen LogP contribution in [0.15, 0.2) is 66.7 Å². The number of nitrogens with one attached hydrogen (secondary N) is 1. The van der Waals surface area contributed by atoms with E-state index >= 15 is 0 Å². The summed E-state index contributed by atoms with van der Waals surface area (Å²) in [6, 6.07) is 17.3. The molecule has 43 heavy (non-hydrogen) atoms. The molecule has 10 heteroatoms. The van der Waals surface area contributed by atoms with Gasteiger partial charge in [0.1, 0.15) is 23.1 Å². The van der Waals surface area contributed by atoms with Crippen LogP contribution in [-0.2, 0) is 13.1 Å². The topological polar surface area (TPSA) is 84.0 Å². The molecule has 5 rings (SSSR count). The van der Waals surface area contributed by atoms with Gasteiger partial charge in [-0.25, -0.2) is 13.8 Å². The molecule has 1 aromatic heterocycles. The summed E-state index contributed by atoms with van der Waals surface area (Å²) in [5, 5.41) is 3.23. The first-order valence-corrected chi connectivity index (χ1v) is 13.9. The lowest BCUT2D eigenvalue weighted by Crippen LogP contribution is -2.30. The van der Waals surface area contributed by atoms with Crippen LogP contribution in [0.3, 0.4) is 0 Å². The number of halogens is 2. The molecule has 1 aliphatic heterocycles. The standard InChI is InChI=1S/C33H32F2N4O4/c1-5-38(6-2)32(40)20-10-13-22(14-11-20)36-27-17-26(30-24(34)8-7-9-25(30)35)37-28-19-39(33(41)31(27)28)18-21-12-15-23(42-3)16-29(21)43-4/h7-17H,5-6,18-19H2,1-4H3,(H,36,37). The van der Waals surface area contributed by atoms with Crippen LogP contribution in [0.5, 0.6) is 11.5 Å². The third-order valence-corrected chi connectivity index (χ3v) is 7.47. The Balaban J connectivity index is 1.52. The second-order valence-electron chi connectivity index (χ2n) is 9.99. The number of ether oxygens (including phenoxy) is 2. The van der Waals surface area contributed by atoms with Crippen molar-refractivity contribution in [3.8, 4) is 22.8 Å². The van der Waals surface area contributed by atoms with Gasteiger partial charge in [-0.1, -0.05) is 6.07 Å². The smallest absolute Gasteiger partial charge is 0.258 e. The Morgan fingerprint density at radius 2 is 1.65 bits per heavy atom. The van der Waals surface area contributed by atoms with Gasteiger partial charge in [-0.05, 0) is 68.4 Å². The molecule has 0 fully saturated rings. The normalized spacial score (nSPS) is 12.2. The molecule has 2 heterocycles. The number of carbonyl (C=O) groups is 2. The van der Waals surface area contributed by atoms with E-state index in [0.29, 0.717) is 52.8 Å². The van der Waals surface area contributed by atoms with Gasteiger partial charge in [0.25, 0.3) is 11.8 Å². The van der Waals surface area contributed by atoms with E-state index in [0.717, 1.165) is 5.56 Å². The molecule has 2 amide bonds. The fourth-order valence-corrected chi connectivity index (χ4v) is 5.19. The van der Waals surface area contributed by atoms with Crippen molar-refractivity contribution >= 4 is 23.2 Å². The predicted molar refractivity (Wildman–Crippen MR) is 160 cm³/mol. The second kappa shape index (κ2) is 12.5. The minimum absolute atomic E-state index is 0.0573. The summed E-state index contributed by atoms with van der Waals surface area (Å²) in [5.74, 6) is -0.729. The highest BCUT2D eigenvalue weighted by Gasteiger charge is 2.33. The number of anilines is 2. The highest BCUT2D eigenvalue weighted by Crippen LogP contribution is 2.37. The van der Waals surface area contributed by atoms with Crippen LogP contribution in [0.2, 0.25) is 0 Å². The van der Waals surface area contributed by atoms with Crippen molar-refractivity contribution in [2.75, 3.05) is 32.6 Å². The number of methoxy groups -OCH3 is 2. The SMILES string of the molecule is CCN(CC)C(=O)c1ccc(Nc2cc(-c3c(F)cccc3F)nc3c2C(=O)N(Cc2ccc(OC)cc2OC)C3)cc1. The lowest BCUT2D eigenvalue weighted by atomic mass is 10.1. The fraction of sp³-hybridized carbons (Fsp3) is 0.242. The van der Waals surface area contributed by atoms with Gasteiger partial charge in [-0.2, -0.15) is 0 Å². The first-order valence-electron chi connectivity index (χ1n) is 13.9. The van der Waals surface area contributed by atoms with Gasteiger partial charge in [-0.15, -0.1) is 0 Å². The van der Waals surface area contributed by atoms with Gasteiger partial charge in [-0.3, -0.25) is 9.59 Å². The molecular formula is C33H32F2N4O4. The maximum atomic E-state index is 14.8. The van der Waals surface area contributed by atoms with Gasteiger partial charge in [0.15, 0.2) is 0 Å². The number of carbonyl (C=O) groups excluding carboxylic acids is 2. The molecule has 0 bridgehead atoms. The first-order chi connectivity index (χ1) is 20.8. The van der Waals surface area contributed by atoms with E-state index in [-0.39, 0.29) is 36.2 Å². The molecule has 222 valence electrons. The number of hydrogen-bond acceptors (Lipinski definition) is 6. The summed E-state index contributed by atoms with van der Waals surface area (Å²) in [7, 11) is 3.10. The van der Waals surface area contributed by atoms with E-state index in [4.69, 9.17) is 9.47 Å². The fourth-order valence-electron chi connectivity index (χ4n) is 5.19. The van der Waals surface area contributed by atoms with Crippen molar-refractivity contribution in [1.29, 1.82) is 0 Å². The van der Waals surface area contributed by atoms with Gasteiger partial charge in [0, 0.05) is 36.0 Å². The molecular weight excluding hydrogens is 554 g/mol. The van der Waals surface area contributed by atoms with Crippen LogP contribution in [-0.4, -0.2) is 53.9 Å². The Bertz CT molecular complexity index is 1650. The lowest BCUT2D eigenvalue weighted by molar-refractivity contribution is 0.0761. The van der Waals surface area contributed by atoms with Gasteiger partial charge in [0.2, 0.25) is 0 Å². The van der Waals surface area contributed by atoms with Crippen LogP contribution in [0.1, 0.15) is 45.8 Å². The molecule has 0 radical (unpaired) electrons. The number of benzene rings is 3. The average molecular weight is 587 g/mol. The molecule has 0 spiro atoms. The Morgan fingerprint density at radius 1 is 0.953 bits per heavy atom. The molecule has 0 atom stereocenters. The number of nitrogens with zero attached hydrogens (tertiary/aromatic N) is 3. The van der Waals surface area contributed by atoms with E-state index in [9.17, 15) is 18.4 Å². The lowest BCUT2D eigenvalue weighted by Gasteiger charge is -2.19. The zero-order chi connectivity index (χ0) is 30.7. The van der Waals surface area contributed by atoms with Crippen LogP contribution < -0.4 is 14.8 Å². The number of pyridine rings is 1. The summed E-state index contributed by atoms with van der Waals surface area (Å²) in [6.45, 7) is 5.36. The first kappa shape index (κ1) is 29.5. The molecule has 3 aromatic carbocycles. The third kappa shape index (κ3) is 5.86. The molecule has 8 nitrogen and oxygen atoms in total. The Morgan fingerprint density at radius 3 is 2.28 bits per heavy atom. The minimum Gasteiger partial charge on any atom is -0.497 e. The predicted octanol–water partition coefficient (Wildman–Crippen LogP) is 6.43. The van der Waals surface area contributed by atoms with Crippen molar-refractivity contribution in [3.05, 3.63) is 101 Å². The highest BCUT2D eigenvalue weighted by atomic mass is 19.1. The quantitative estimate of drug-likeness (QED) is 0.231. The van der Waals surface area contributed by atoms with Crippen LogP contribution in [0, 0.1) is 11.6 Å². The number of amides is 2. The maximum absolute atomic E-state index is 14.8. The molecule has 1 N–H and O–H groups in total. The summed E-state index contributed by atoms with van der Waals surface area (Å²) < 4.78 is 40.5. The van der Waals surface area contributed by atoms with E-state index in [1.54, 1.807) is 60.4 Å². The van der Waals surface area contributed by atoms with Crippen molar-refractivity contribution in [2.24, 2.45) is 0 Å². The van der Waals surface area contributed by atoms with Crippen molar-refractivity contribution in [1.82, 2.24) is 14.8 Å². The molecule has 0 unspecified atom stereocenters. The summed E-state index contributed by atoms with van der Waals surface area (Å²) >= 11 is 0.